The van der Waals surface area contributed by atoms with E-state index < -0.39 is 0 Å². The summed E-state index contributed by atoms with van der Waals surface area (Å²) in [5.41, 5.74) is 1.86. The van der Waals surface area contributed by atoms with Crippen molar-refractivity contribution in [3.63, 3.8) is 0 Å². The van der Waals surface area contributed by atoms with Gasteiger partial charge in [0.15, 0.2) is 5.13 Å². The highest BCUT2D eigenvalue weighted by atomic mass is 35.5. The van der Waals surface area contributed by atoms with E-state index in [2.05, 4.69) is 21.4 Å². The number of aromatic nitrogens is 2. The van der Waals surface area contributed by atoms with E-state index in [0.29, 0.717) is 26.3 Å². The number of halogens is 1. The Kier molecular flexibility index (Phi) is 4.07. The highest BCUT2D eigenvalue weighted by Gasteiger charge is 2.14. The molecule has 2 heterocycles. The second-order valence-electron chi connectivity index (χ2n) is 5.20. The number of thiazole rings is 1. The molecule has 5 nitrogen and oxygen atoms in total. The lowest BCUT2D eigenvalue weighted by molar-refractivity contribution is 0.862. The molecule has 116 valence electrons. The smallest absolute Gasteiger partial charge is 0.253 e. The Morgan fingerprint density at radius 3 is 2.91 bits per heavy atom. The zero-order valence-electron chi connectivity index (χ0n) is 12.5. The minimum absolute atomic E-state index is 0.159. The molecule has 0 amide bonds. The first-order valence-electron chi connectivity index (χ1n) is 6.94. The Hall–Kier alpha value is -2.36. The first kappa shape index (κ1) is 15.5. The number of fused-ring (bicyclic) bond motifs is 1. The first-order valence-corrected chi connectivity index (χ1v) is 8.14. The maximum atomic E-state index is 12.3. The Morgan fingerprint density at radius 1 is 1.43 bits per heavy atom. The van der Waals surface area contributed by atoms with Gasteiger partial charge in [0.1, 0.15) is 10.9 Å². The molecule has 3 aromatic rings. The van der Waals surface area contributed by atoms with Crippen LogP contribution >= 0.6 is 22.9 Å². The summed E-state index contributed by atoms with van der Waals surface area (Å²) in [7, 11) is 0. The standard InChI is InChI=1S/C16H13ClN4OS/c1-8(19-16-20-9(2)14(7-18)23-16)12-6-10-5-11(17)3-4-13(10)21-15(12)22/h3-6,8H,1-2H3,(H,19,20)(H,21,22). The number of benzene rings is 1. The monoisotopic (exact) mass is 344 g/mol. The molecular weight excluding hydrogens is 332 g/mol. The summed E-state index contributed by atoms with van der Waals surface area (Å²) in [6.45, 7) is 3.67. The number of pyridine rings is 1. The Bertz CT molecular complexity index is 986. The van der Waals surface area contributed by atoms with Crippen LogP contribution in [0, 0.1) is 18.3 Å². The molecule has 0 saturated heterocycles. The van der Waals surface area contributed by atoms with Crippen molar-refractivity contribution >= 4 is 39.0 Å². The molecule has 2 aromatic heterocycles. The van der Waals surface area contributed by atoms with Gasteiger partial charge < -0.3 is 10.3 Å². The van der Waals surface area contributed by atoms with Gasteiger partial charge in [0, 0.05) is 21.5 Å². The van der Waals surface area contributed by atoms with Crippen LogP contribution in [-0.4, -0.2) is 9.97 Å². The van der Waals surface area contributed by atoms with E-state index >= 15 is 0 Å². The van der Waals surface area contributed by atoms with E-state index in [-0.39, 0.29) is 11.6 Å². The third-order valence-electron chi connectivity index (χ3n) is 3.54. The van der Waals surface area contributed by atoms with Crippen LogP contribution in [-0.2, 0) is 0 Å². The number of nitrogens with one attached hydrogen (secondary N) is 2. The van der Waals surface area contributed by atoms with Crippen LogP contribution in [0.3, 0.4) is 0 Å². The summed E-state index contributed by atoms with van der Waals surface area (Å²) in [6.07, 6.45) is 0. The van der Waals surface area contributed by atoms with Crippen molar-refractivity contribution in [3.05, 3.63) is 55.8 Å². The molecular formula is C16H13ClN4OS. The van der Waals surface area contributed by atoms with Crippen LogP contribution in [0.15, 0.2) is 29.1 Å². The predicted octanol–water partition coefficient (Wildman–Crippen LogP) is 3.99. The fraction of sp³-hybridized carbons (Fsp3) is 0.188. The van der Waals surface area contributed by atoms with Crippen LogP contribution in [0.2, 0.25) is 5.02 Å². The lowest BCUT2D eigenvalue weighted by Gasteiger charge is -2.13. The van der Waals surface area contributed by atoms with E-state index in [1.165, 1.54) is 11.3 Å². The average molecular weight is 345 g/mol. The lowest BCUT2D eigenvalue weighted by Crippen LogP contribution is -2.19. The fourth-order valence-corrected chi connectivity index (χ4v) is 3.37. The van der Waals surface area contributed by atoms with Crippen molar-refractivity contribution in [2.45, 2.75) is 19.9 Å². The Balaban J connectivity index is 1.96. The highest BCUT2D eigenvalue weighted by molar-refractivity contribution is 7.16. The molecule has 0 fully saturated rings. The van der Waals surface area contributed by atoms with E-state index in [4.69, 9.17) is 16.9 Å². The van der Waals surface area contributed by atoms with Gasteiger partial charge in [-0.2, -0.15) is 5.26 Å². The van der Waals surface area contributed by atoms with Crippen molar-refractivity contribution in [1.29, 1.82) is 5.26 Å². The zero-order chi connectivity index (χ0) is 16.6. The number of rotatable bonds is 3. The summed E-state index contributed by atoms with van der Waals surface area (Å²) >= 11 is 7.29. The van der Waals surface area contributed by atoms with Crippen molar-refractivity contribution in [2.24, 2.45) is 0 Å². The van der Waals surface area contributed by atoms with Crippen LogP contribution in [0.1, 0.15) is 29.1 Å². The molecule has 0 aliphatic heterocycles. The summed E-state index contributed by atoms with van der Waals surface area (Å²) in [6, 6.07) is 9.01. The second kappa shape index (κ2) is 6.03. The molecule has 0 aliphatic carbocycles. The van der Waals surface area contributed by atoms with E-state index in [1.807, 2.05) is 19.1 Å². The third-order valence-corrected chi connectivity index (χ3v) is 4.77. The molecule has 1 atom stereocenters. The predicted molar refractivity (Wildman–Crippen MR) is 93.2 cm³/mol. The Labute approximate surface area is 141 Å². The van der Waals surface area contributed by atoms with Crippen LogP contribution in [0.5, 0.6) is 0 Å². The number of anilines is 1. The number of nitrogens with zero attached hydrogens (tertiary/aromatic N) is 2. The molecule has 23 heavy (non-hydrogen) atoms. The summed E-state index contributed by atoms with van der Waals surface area (Å²) in [4.78, 5) is 20.0. The number of hydrogen-bond acceptors (Lipinski definition) is 5. The third kappa shape index (κ3) is 3.07. The quantitative estimate of drug-likeness (QED) is 0.752. The number of nitriles is 1. The molecule has 1 aromatic carbocycles. The van der Waals surface area contributed by atoms with Gasteiger partial charge in [-0.15, -0.1) is 0 Å². The lowest BCUT2D eigenvalue weighted by atomic mass is 10.1. The number of aromatic amines is 1. The van der Waals surface area contributed by atoms with Crippen molar-refractivity contribution in [2.75, 3.05) is 5.32 Å². The van der Waals surface area contributed by atoms with E-state index in [1.54, 1.807) is 19.1 Å². The SMILES string of the molecule is Cc1nc(NC(C)c2cc3cc(Cl)ccc3[nH]c2=O)sc1C#N. The second-order valence-corrected chi connectivity index (χ2v) is 6.63. The zero-order valence-corrected chi connectivity index (χ0v) is 14.0. The average Bonchev–Trinajstić information content (AvgIpc) is 2.86. The van der Waals surface area contributed by atoms with Gasteiger partial charge in [0.2, 0.25) is 0 Å². The van der Waals surface area contributed by atoms with Gasteiger partial charge in [-0.05, 0) is 38.1 Å². The van der Waals surface area contributed by atoms with E-state index in [9.17, 15) is 4.79 Å². The summed E-state index contributed by atoms with van der Waals surface area (Å²) < 4.78 is 0. The molecule has 0 spiro atoms. The number of H-pyrrole nitrogens is 1. The molecule has 2 N–H and O–H groups in total. The van der Waals surface area contributed by atoms with Gasteiger partial charge in [0.25, 0.3) is 5.56 Å². The van der Waals surface area contributed by atoms with Crippen molar-refractivity contribution < 1.29 is 0 Å². The first-order chi connectivity index (χ1) is 11.0. The molecule has 0 radical (unpaired) electrons. The minimum atomic E-state index is -0.251. The van der Waals surface area contributed by atoms with Gasteiger partial charge in [-0.1, -0.05) is 22.9 Å². The molecule has 0 saturated carbocycles. The largest absolute Gasteiger partial charge is 0.355 e. The van der Waals surface area contributed by atoms with Gasteiger partial charge in [0.05, 0.1) is 11.7 Å². The van der Waals surface area contributed by atoms with Crippen LogP contribution in [0.25, 0.3) is 10.9 Å². The normalized spacial score (nSPS) is 12.1. The summed E-state index contributed by atoms with van der Waals surface area (Å²) in [5, 5.41) is 14.3. The molecule has 0 aliphatic rings. The fourth-order valence-electron chi connectivity index (χ4n) is 2.34. The maximum absolute atomic E-state index is 12.3. The number of hydrogen-bond donors (Lipinski definition) is 2. The van der Waals surface area contributed by atoms with Crippen molar-refractivity contribution in [3.8, 4) is 6.07 Å². The maximum Gasteiger partial charge on any atom is 0.253 e. The minimum Gasteiger partial charge on any atom is -0.355 e. The molecule has 1 unspecified atom stereocenters. The molecule has 3 rings (SSSR count). The summed E-state index contributed by atoms with van der Waals surface area (Å²) in [5.74, 6) is 0. The highest BCUT2D eigenvalue weighted by Crippen LogP contribution is 2.26. The van der Waals surface area contributed by atoms with E-state index in [0.717, 1.165) is 10.9 Å². The topological polar surface area (TPSA) is 81.6 Å². The van der Waals surface area contributed by atoms with Gasteiger partial charge >= 0.3 is 0 Å². The van der Waals surface area contributed by atoms with Gasteiger partial charge in [-0.3, -0.25) is 4.79 Å². The van der Waals surface area contributed by atoms with Crippen LogP contribution in [0.4, 0.5) is 5.13 Å². The Morgan fingerprint density at radius 2 is 2.22 bits per heavy atom. The molecule has 0 bridgehead atoms. The van der Waals surface area contributed by atoms with Gasteiger partial charge in [-0.25, -0.2) is 4.98 Å². The van der Waals surface area contributed by atoms with Crippen molar-refractivity contribution in [1.82, 2.24) is 9.97 Å². The van der Waals surface area contributed by atoms with Crippen LogP contribution < -0.4 is 10.9 Å². The molecule has 7 heteroatoms. The number of aryl methyl sites for hydroxylation is 1.